The van der Waals surface area contributed by atoms with Crippen LogP contribution < -0.4 is 5.73 Å². The molecule has 0 aromatic heterocycles. The molecular weight excluding hydrogens is 214 g/mol. The number of hydrogen-bond donors (Lipinski definition) is 1. The second-order valence-corrected chi connectivity index (χ2v) is 6.41. The van der Waals surface area contributed by atoms with Crippen LogP contribution in [0.25, 0.3) is 0 Å². The van der Waals surface area contributed by atoms with Gasteiger partial charge < -0.3 is 10.5 Å². The van der Waals surface area contributed by atoms with Gasteiger partial charge in [0.1, 0.15) is 6.10 Å². The van der Waals surface area contributed by atoms with Crippen LogP contribution in [0.1, 0.15) is 39.0 Å². The van der Waals surface area contributed by atoms with Crippen LogP contribution in [-0.4, -0.2) is 18.6 Å². The normalized spacial score (nSPS) is 44.7. The summed E-state index contributed by atoms with van der Waals surface area (Å²) in [6.45, 7) is 2.08. The van der Waals surface area contributed by atoms with Crippen molar-refractivity contribution in [3.63, 3.8) is 0 Å². The molecule has 0 spiro atoms. The first-order valence-electron chi connectivity index (χ1n) is 7.07. The zero-order chi connectivity index (χ0) is 12.0. The molecule has 0 heterocycles. The molecule has 1 unspecified atom stereocenters. The van der Waals surface area contributed by atoms with Gasteiger partial charge in [-0.25, -0.2) is 0 Å². The summed E-state index contributed by atoms with van der Waals surface area (Å²) in [7, 11) is 0. The fraction of sp³-hybridized carbons (Fsp3) is 0.929. The Labute approximate surface area is 103 Å². The first-order chi connectivity index (χ1) is 8.17. The zero-order valence-electron chi connectivity index (χ0n) is 10.6. The Morgan fingerprint density at radius 2 is 1.71 bits per heavy atom. The summed E-state index contributed by atoms with van der Waals surface area (Å²) in [6.07, 6.45) is 7.05. The predicted octanol–water partition coefficient (Wildman–Crippen LogP) is 1.95. The van der Waals surface area contributed by atoms with Crippen molar-refractivity contribution in [1.29, 1.82) is 0 Å². The van der Waals surface area contributed by atoms with Crippen molar-refractivity contribution >= 4 is 5.97 Å². The molecule has 3 nitrogen and oxygen atoms in total. The average Bonchev–Trinajstić information content (AvgIpc) is 2.27. The lowest BCUT2D eigenvalue weighted by molar-refractivity contribution is -0.158. The average molecular weight is 237 g/mol. The van der Waals surface area contributed by atoms with Crippen LogP contribution in [0.2, 0.25) is 0 Å². The van der Waals surface area contributed by atoms with Gasteiger partial charge in [0.25, 0.3) is 0 Å². The summed E-state index contributed by atoms with van der Waals surface area (Å²) in [5.41, 5.74) is 5.32. The van der Waals surface area contributed by atoms with Crippen LogP contribution >= 0.6 is 0 Å². The number of rotatable bonds is 3. The number of esters is 1. The molecule has 0 aliphatic heterocycles. The molecule has 0 amide bonds. The van der Waals surface area contributed by atoms with Crippen molar-refractivity contribution < 1.29 is 9.53 Å². The topological polar surface area (TPSA) is 52.3 Å². The second-order valence-electron chi connectivity index (χ2n) is 6.41. The van der Waals surface area contributed by atoms with E-state index in [0.29, 0.717) is 5.92 Å². The lowest BCUT2D eigenvalue weighted by Crippen LogP contribution is -2.49. The molecule has 2 N–H and O–H groups in total. The molecule has 0 saturated heterocycles. The molecule has 0 aromatic rings. The van der Waals surface area contributed by atoms with Crippen molar-refractivity contribution in [3.8, 4) is 0 Å². The lowest BCUT2D eigenvalue weighted by Gasteiger charge is -2.55. The SMILES string of the molecule is CC(OC(=O)CN)C1C2CC3CC(C2)CC1C3. The van der Waals surface area contributed by atoms with Crippen molar-refractivity contribution in [2.45, 2.75) is 45.1 Å². The summed E-state index contributed by atoms with van der Waals surface area (Å²) < 4.78 is 5.46. The smallest absolute Gasteiger partial charge is 0.319 e. The Bertz CT molecular complexity index is 287. The fourth-order valence-corrected chi connectivity index (χ4v) is 5.07. The van der Waals surface area contributed by atoms with Gasteiger partial charge in [0.05, 0.1) is 6.54 Å². The molecular formula is C14H23NO2. The van der Waals surface area contributed by atoms with E-state index in [0.717, 1.165) is 23.7 Å². The van der Waals surface area contributed by atoms with E-state index in [9.17, 15) is 4.79 Å². The first kappa shape index (κ1) is 11.5. The third-order valence-electron chi connectivity index (χ3n) is 5.33. The van der Waals surface area contributed by atoms with Gasteiger partial charge in [0.2, 0.25) is 0 Å². The molecule has 4 aliphatic rings. The van der Waals surface area contributed by atoms with Gasteiger partial charge >= 0.3 is 5.97 Å². The minimum atomic E-state index is -0.244. The standard InChI is InChI=1S/C14H23NO2/c1-8(17-13(16)7-15)14-11-3-9-2-10(5-11)6-12(14)4-9/h8-12,14H,2-7,15H2,1H3. The van der Waals surface area contributed by atoms with Gasteiger partial charge in [-0.1, -0.05) is 0 Å². The summed E-state index contributed by atoms with van der Waals surface area (Å²) in [6, 6.07) is 0. The maximum absolute atomic E-state index is 11.3. The van der Waals surface area contributed by atoms with Gasteiger partial charge in [0.15, 0.2) is 0 Å². The Morgan fingerprint density at radius 1 is 1.18 bits per heavy atom. The molecule has 4 bridgehead atoms. The summed E-state index contributed by atoms with van der Waals surface area (Å²) in [4.78, 5) is 11.3. The third-order valence-corrected chi connectivity index (χ3v) is 5.33. The first-order valence-corrected chi connectivity index (χ1v) is 7.07. The number of carbonyl (C=O) groups excluding carboxylic acids is 1. The van der Waals surface area contributed by atoms with E-state index in [1.807, 2.05) is 0 Å². The van der Waals surface area contributed by atoms with E-state index in [1.54, 1.807) is 0 Å². The highest BCUT2D eigenvalue weighted by molar-refractivity contribution is 5.71. The van der Waals surface area contributed by atoms with Crippen molar-refractivity contribution in [1.82, 2.24) is 0 Å². The number of hydrogen-bond acceptors (Lipinski definition) is 3. The Morgan fingerprint density at radius 3 is 2.18 bits per heavy atom. The summed E-state index contributed by atoms with van der Waals surface area (Å²) >= 11 is 0. The monoisotopic (exact) mass is 237 g/mol. The lowest BCUT2D eigenvalue weighted by atomic mass is 9.51. The zero-order valence-corrected chi connectivity index (χ0v) is 10.6. The van der Waals surface area contributed by atoms with Gasteiger partial charge in [-0.3, -0.25) is 4.79 Å². The molecule has 4 saturated carbocycles. The van der Waals surface area contributed by atoms with Gasteiger partial charge in [-0.15, -0.1) is 0 Å². The molecule has 0 radical (unpaired) electrons. The van der Waals surface area contributed by atoms with Crippen LogP contribution in [0, 0.1) is 29.6 Å². The highest BCUT2D eigenvalue weighted by atomic mass is 16.5. The van der Waals surface area contributed by atoms with E-state index in [2.05, 4.69) is 6.92 Å². The minimum Gasteiger partial charge on any atom is -0.461 e. The molecule has 4 rings (SSSR count). The van der Waals surface area contributed by atoms with Gasteiger partial charge in [-0.2, -0.15) is 0 Å². The molecule has 17 heavy (non-hydrogen) atoms. The third kappa shape index (κ3) is 1.99. The number of nitrogens with two attached hydrogens (primary N) is 1. The van der Waals surface area contributed by atoms with Crippen LogP contribution in [0.15, 0.2) is 0 Å². The molecule has 4 fully saturated rings. The maximum atomic E-state index is 11.3. The van der Waals surface area contributed by atoms with Crippen molar-refractivity contribution in [3.05, 3.63) is 0 Å². The molecule has 0 aromatic carbocycles. The van der Waals surface area contributed by atoms with E-state index in [-0.39, 0.29) is 18.6 Å². The van der Waals surface area contributed by atoms with Crippen molar-refractivity contribution in [2.24, 2.45) is 35.3 Å². The summed E-state index contributed by atoms with van der Waals surface area (Å²) in [5.74, 6) is 3.94. The Kier molecular flexibility index (Phi) is 2.89. The van der Waals surface area contributed by atoms with Gasteiger partial charge in [-0.05, 0) is 62.7 Å². The number of ether oxygens (including phenoxy) is 1. The molecule has 4 aliphatic carbocycles. The van der Waals surface area contributed by atoms with Crippen LogP contribution in [0.4, 0.5) is 0 Å². The van der Waals surface area contributed by atoms with E-state index in [1.165, 1.54) is 32.1 Å². The van der Waals surface area contributed by atoms with E-state index < -0.39 is 0 Å². The highest BCUT2D eigenvalue weighted by Crippen LogP contribution is 2.57. The Hall–Kier alpha value is -0.570. The van der Waals surface area contributed by atoms with E-state index >= 15 is 0 Å². The quantitative estimate of drug-likeness (QED) is 0.763. The summed E-state index contributed by atoms with van der Waals surface area (Å²) in [5, 5.41) is 0. The molecule has 1 atom stereocenters. The van der Waals surface area contributed by atoms with Gasteiger partial charge in [0, 0.05) is 5.92 Å². The molecule has 96 valence electrons. The predicted molar refractivity (Wildman–Crippen MR) is 65.1 cm³/mol. The fourth-order valence-electron chi connectivity index (χ4n) is 5.07. The van der Waals surface area contributed by atoms with Crippen LogP contribution in [-0.2, 0) is 9.53 Å². The Balaban J connectivity index is 1.69. The van der Waals surface area contributed by atoms with Crippen LogP contribution in [0.3, 0.4) is 0 Å². The van der Waals surface area contributed by atoms with Crippen molar-refractivity contribution in [2.75, 3.05) is 6.54 Å². The minimum absolute atomic E-state index is 0.0116. The van der Waals surface area contributed by atoms with Crippen LogP contribution in [0.5, 0.6) is 0 Å². The highest BCUT2D eigenvalue weighted by Gasteiger charge is 2.50. The maximum Gasteiger partial charge on any atom is 0.319 e. The molecule has 3 heteroatoms. The number of carbonyl (C=O) groups is 1. The second kappa shape index (κ2) is 4.27. The largest absolute Gasteiger partial charge is 0.461 e. The van der Waals surface area contributed by atoms with E-state index in [4.69, 9.17) is 10.5 Å².